The topological polar surface area (TPSA) is 90.0 Å². The molecule has 1 unspecified atom stereocenters. The fourth-order valence-corrected chi connectivity index (χ4v) is 1.87. The van der Waals surface area contributed by atoms with E-state index in [1.807, 2.05) is 5.43 Å². The molecule has 0 spiro atoms. The number of hydrogen-bond acceptors (Lipinski definition) is 6. The minimum absolute atomic E-state index is 0.202. The van der Waals surface area contributed by atoms with Crippen molar-refractivity contribution in [2.75, 3.05) is 34.0 Å². The largest absolute Gasteiger partial charge is 0.455 e. The Balaban J connectivity index is 2.67. The third kappa shape index (κ3) is 4.93. The van der Waals surface area contributed by atoms with Crippen molar-refractivity contribution >= 4 is 5.91 Å². The zero-order valence-corrected chi connectivity index (χ0v) is 12.2. The van der Waals surface area contributed by atoms with Gasteiger partial charge in [-0.25, -0.2) is 5.84 Å². The lowest BCUT2D eigenvalue weighted by Gasteiger charge is -2.27. The number of carbonyl (C=O) groups is 1. The molecule has 3 N–H and O–H groups in total. The monoisotopic (exact) mass is 285 g/mol. The van der Waals surface area contributed by atoms with Crippen LogP contribution in [0.4, 0.5) is 0 Å². The molecule has 1 atom stereocenters. The van der Waals surface area contributed by atoms with Gasteiger partial charge >= 0.3 is 5.91 Å². The minimum Gasteiger partial charge on any atom is -0.455 e. The van der Waals surface area contributed by atoms with Gasteiger partial charge in [-0.15, -0.1) is 0 Å². The van der Waals surface area contributed by atoms with E-state index in [4.69, 9.17) is 19.7 Å². The molecule has 7 nitrogen and oxygen atoms in total. The Morgan fingerprint density at radius 1 is 1.45 bits per heavy atom. The quantitative estimate of drug-likeness (QED) is 0.387. The molecule has 1 rings (SSSR count). The Labute approximate surface area is 119 Å². The molecule has 0 aliphatic carbocycles. The predicted octanol–water partition coefficient (Wildman–Crippen LogP) is 0.366. The molecule has 7 heteroatoms. The highest BCUT2D eigenvalue weighted by Crippen LogP contribution is 2.13. The predicted molar refractivity (Wildman–Crippen MR) is 74.0 cm³/mol. The van der Waals surface area contributed by atoms with Gasteiger partial charge < -0.3 is 13.9 Å². The maximum atomic E-state index is 11.3. The molecule has 114 valence electrons. The lowest BCUT2D eigenvalue weighted by molar-refractivity contribution is 0.0657. The van der Waals surface area contributed by atoms with Crippen molar-refractivity contribution in [1.82, 2.24) is 10.3 Å². The van der Waals surface area contributed by atoms with E-state index in [9.17, 15) is 4.79 Å². The molecule has 0 saturated carbocycles. The van der Waals surface area contributed by atoms with Crippen LogP contribution in [-0.4, -0.2) is 50.8 Å². The van der Waals surface area contributed by atoms with E-state index in [0.717, 1.165) is 6.54 Å². The average molecular weight is 285 g/mol. The van der Waals surface area contributed by atoms with Crippen LogP contribution >= 0.6 is 0 Å². The summed E-state index contributed by atoms with van der Waals surface area (Å²) in [6.45, 7) is 4.62. The van der Waals surface area contributed by atoms with Gasteiger partial charge in [0.15, 0.2) is 5.76 Å². The van der Waals surface area contributed by atoms with E-state index in [1.54, 1.807) is 26.4 Å². The van der Waals surface area contributed by atoms with Crippen molar-refractivity contribution in [2.24, 2.45) is 5.84 Å². The van der Waals surface area contributed by atoms with Gasteiger partial charge in [-0.1, -0.05) is 0 Å². The molecule has 0 aliphatic heterocycles. The zero-order chi connectivity index (χ0) is 15.0. The number of carbonyl (C=O) groups excluding carboxylic acids is 1. The second-order valence-electron chi connectivity index (χ2n) is 4.51. The van der Waals surface area contributed by atoms with E-state index >= 15 is 0 Å². The molecule has 1 aromatic rings. The van der Waals surface area contributed by atoms with Crippen LogP contribution in [0.2, 0.25) is 0 Å². The number of nitrogens with zero attached hydrogens (tertiary/aromatic N) is 1. The maximum absolute atomic E-state index is 11.3. The maximum Gasteiger partial charge on any atom is 0.300 e. The second-order valence-corrected chi connectivity index (χ2v) is 4.51. The van der Waals surface area contributed by atoms with Crippen molar-refractivity contribution in [2.45, 2.75) is 19.5 Å². The summed E-state index contributed by atoms with van der Waals surface area (Å²) < 4.78 is 15.7. The smallest absolute Gasteiger partial charge is 0.300 e. The molecule has 0 saturated heterocycles. The first-order chi connectivity index (χ1) is 9.62. The van der Waals surface area contributed by atoms with Gasteiger partial charge in [0.25, 0.3) is 0 Å². The van der Waals surface area contributed by atoms with Crippen molar-refractivity contribution in [1.29, 1.82) is 0 Å². The van der Waals surface area contributed by atoms with E-state index in [0.29, 0.717) is 25.5 Å². The Morgan fingerprint density at radius 3 is 2.80 bits per heavy atom. The van der Waals surface area contributed by atoms with Gasteiger partial charge in [0.1, 0.15) is 5.76 Å². The number of furan rings is 1. The summed E-state index contributed by atoms with van der Waals surface area (Å²) in [6, 6.07) is 3.59. The summed E-state index contributed by atoms with van der Waals surface area (Å²) in [5.41, 5.74) is 2.04. The first kappa shape index (κ1) is 16.6. The van der Waals surface area contributed by atoms with Crippen LogP contribution < -0.4 is 11.3 Å². The molecule has 1 heterocycles. The number of amides is 1. The highest BCUT2D eigenvalue weighted by atomic mass is 16.5. The zero-order valence-electron chi connectivity index (χ0n) is 12.2. The normalized spacial score (nSPS) is 12.7. The van der Waals surface area contributed by atoms with Crippen molar-refractivity contribution in [3.8, 4) is 0 Å². The summed E-state index contributed by atoms with van der Waals surface area (Å²) in [7, 11) is 3.33. The second kappa shape index (κ2) is 8.70. The Morgan fingerprint density at radius 2 is 2.20 bits per heavy atom. The van der Waals surface area contributed by atoms with E-state index in [1.165, 1.54) is 0 Å². The summed E-state index contributed by atoms with van der Waals surface area (Å²) in [5, 5.41) is 0. The summed E-state index contributed by atoms with van der Waals surface area (Å²) in [4.78, 5) is 13.5. The fourth-order valence-electron chi connectivity index (χ4n) is 1.87. The van der Waals surface area contributed by atoms with Gasteiger partial charge in [0, 0.05) is 26.8 Å². The molecule has 0 aliphatic rings. The van der Waals surface area contributed by atoms with Crippen LogP contribution in [-0.2, 0) is 16.0 Å². The minimum atomic E-state index is -0.440. The Bertz CT molecular complexity index is 408. The van der Waals surface area contributed by atoms with Crippen molar-refractivity contribution in [3.05, 3.63) is 23.7 Å². The summed E-state index contributed by atoms with van der Waals surface area (Å²) in [5.74, 6) is 5.52. The molecule has 0 fully saturated rings. The molecular weight excluding hydrogens is 262 g/mol. The Kier molecular flexibility index (Phi) is 7.24. The van der Waals surface area contributed by atoms with Gasteiger partial charge in [0.05, 0.1) is 19.8 Å². The molecule has 1 aromatic heterocycles. The molecule has 0 aromatic carbocycles. The standard InChI is InChI=1S/C13H23N3O4/c1-10(9-19-3)16(6-7-18-2)8-11-4-5-12(20-11)13(17)15-14/h4-5,10H,6-9,14H2,1-3H3,(H,15,17). The average Bonchev–Trinajstić information content (AvgIpc) is 2.91. The lowest BCUT2D eigenvalue weighted by atomic mass is 10.2. The van der Waals surface area contributed by atoms with Crippen molar-refractivity contribution in [3.63, 3.8) is 0 Å². The molecular formula is C13H23N3O4. The molecule has 0 radical (unpaired) electrons. The van der Waals surface area contributed by atoms with E-state index in [-0.39, 0.29) is 11.8 Å². The number of nitrogen functional groups attached to an aromatic ring is 1. The Hall–Kier alpha value is -1.41. The molecule has 0 bridgehead atoms. The van der Waals surface area contributed by atoms with Gasteiger partial charge in [0.2, 0.25) is 0 Å². The number of methoxy groups -OCH3 is 2. The number of rotatable bonds is 9. The van der Waals surface area contributed by atoms with Gasteiger partial charge in [-0.3, -0.25) is 15.1 Å². The number of ether oxygens (including phenoxy) is 2. The highest BCUT2D eigenvalue weighted by Gasteiger charge is 2.17. The van der Waals surface area contributed by atoms with Crippen LogP contribution in [0.3, 0.4) is 0 Å². The number of hydrazine groups is 1. The van der Waals surface area contributed by atoms with Crippen LogP contribution in [0, 0.1) is 0 Å². The lowest BCUT2D eigenvalue weighted by Crippen LogP contribution is -2.37. The van der Waals surface area contributed by atoms with Crippen LogP contribution in [0.1, 0.15) is 23.2 Å². The third-order valence-corrected chi connectivity index (χ3v) is 2.99. The first-order valence-corrected chi connectivity index (χ1v) is 6.44. The van der Waals surface area contributed by atoms with E-state index < -0.39 is 5.91 Å². The SMILES string of the molecule is COCCN(Cc1ccc(C(=O)NN)o1)C(C)COC. The van der Waals surface area contributed by atoms with Gasteiger partial charge in [-0.05, 0) is 19.1 Å². The van der Waals surface area contributed by atoms with Crippen LogP contribution in [0.15, 0.2) is 16.5 Å². The van der Waals surface area contributed by atoms with E-state index in [2.05, 4.69) is 11.8 Å². The number of hydrogen-bond donors (Lipinski definition) is 2. The highest BCUT2D eigenvalue weighted by molar-refractivity contribution is 5.90. The summed E-state index contributed by atoms with van der Waals surface area (Å²) >= 11 is 0. The first-order valence-electron chi connectivity index (χ1n) is 6.44. The third-order valence-electron chi connectivity index (χ3n) is 2.99. The van der Waals surface area contributed by atoms with Crippen LogP contribution in [0.5, 0.6) is 0 Å². The number of nitrogens with one attached hydrogen (secondary N) is 1. The number of nitrogens with two attached hydrogens (primary N) is 1. The van der Waals surface area contributed by atoms with Crippen LogP contribution in [0.25, 0.3) is 0 Å². The molecule has 1 amide bonds. The van der Waals surface area contributed by atoms with Crippen molar-refractivity contribution < 1.29 is 18.7 Å². The van der Waals surface area contributed by atoms with Gasteiger partial charge in [-0.2, -0.15) is 0 Å². The molecule has 20 heavy (non-hydrogen) atoms. The fraction of sp³-hybridized carbons (Fsp3) is 0.615. The summed E-state index contributed by atoms with van der Waals surface area (Å²) in [6.07, 6.45) is 0.